The molecule has 18 heavy (non-hydrogen) atoms. The van der Waals surface area contributed by atoms with Gasteiger partial charge in [-0.25, -0.2) is 0 Å². The summed E-state index contributed by atoms with van der Waals surface area (Å²) in [5.74, 6) is 0. The van der Waals surface area contributed by atoms with Crippen LogP contribution in [0.5, 0.6) is 0 Å². The Kier molecular flexibility index (Phi) is 5.67. The van der Waals surface area contributed by atoms with Gasteiger partial charge in [-0.2, -0.15) is 0 Å². The third kappa shape index (κ3) is 3.48. The molecule has 1 fully saturated rings. The zero-order chi connectivity index (χ0) is 13.8. The minimum atomic E-state index is 0.316. The molecule has 0 aromatic heterocycles. The van der Waals surface area contributed by atoms with Gasteiger partial charge in [-0.05, 0) is 45.3 Å². The van der Waals surface area contributed by atoms with Crippen LogP contribution in [0.1, 0.15) is 66.2 Å². The standard InChI is InChI=1S/C16H34N2/c1-7-13-17-14(15(2,3)4)16(18(5)6)11-9-8-10-12-16/h14,17H,7-13H2,1-6H3. The molecule has 1 N–H and O–H groups in total. The van der Waals surface area contributed by atoms with E-state index >= 15 is 0 Å². The van der Waals surface area contributed by atoms with Crippen LogP contribution in [0.15, 0.2) is 0 Å². The Morgan fingerprint density at radius 3 is 2.06 bits per heavy atom. The lowest BCUT2D eigenvalue weighted by molar-refractivity contribution is 0.0121. The minimum Gasteiger partial charge on any atom is -0.312 e. The summed E-state index contributed by atoms with van der Waals surface area (Å²) < 4.78 is 0. The highest BCUT2D eigenvalue weighted by molar-refractivity contribution is 5.05. The molecule has 0 heterocycles. The zero-order valence-corrected chi connectivity index (χ0v) is 13.5. The van der Waals surface area contributed by atoms with Crippen molar-refractivity contribution in [2.75, 3.05) is 20.6 Å². The van der Waals surface area contributed by atoms with Gasteiger partial charge in [0.1, 0.15) is 0 Å². The number of nitrogens with zero attached hydrogens (tertiary/aromatic N) is 1. The Labute approximate surface area is 115 Å². The van der Waals surface area contributed by atoms with Crippen LogP contribution in [-0.4, -0.2) is 37.1 Å². The maximum absolute atomic E-state index is 3.86. The Morgan fingerprint density at radius 2 is 1.67 bits per heavy atom. The predicted octanol–water partition coefficient (Wildman–Crippen LogP) is 3.67. The first-order valence-electron chi connectivity index (χ1n) is 7.75. The van der Waals surface area contributed by atoms with Crippen molar-refractivity contribution in [3.63, 3.8) is 0 Å². The largest absolute Gasteiger partial charge is 0.312 e. The third-order valence-corrected chi connectivity index (χ3v) is 4.61. The second kappa shape index (κ2) is 6.38. The molecule has 0 amide bonds. The number of hydrogen-bond acceptors (Lipinski definition) is 2. The molecular weight excluding hydrogens is 220 g/mol. The van der Waals surface area contributed by atoms with E-state index in [1.54, 1.807) is 0 Å². The Morgan fingerprint density at radius 1 is 1.11 bits per heavy atom. The molecule has 1 atom stereocenters. The monoisotopic (exact) mass is 254 g/mol. The van der Waals surface area contributed by atoms with Crippen molar-refractivity contribution in [1.29, 1.82) is 0 Å². The lowest BCUT2D eigenvalue weighted by Crippen LogP contribution is -2.64. The molecular formula is C16H34N2. The molecule has 1 unspecified atom stereocenters. The quantitative estimate of drug-likeness (QED) is 0.805. The molecule has 1 saturated carbocycles. The summed E-state index contributed by atoms with van der Waals surface area (Å²) in [5.41, 5.74) is 0.669. The summed E-state index contributed by atoms with van der Waals surface area (Å²) in [6.45, 7) is 10.6. The fourth-order valence-electron chi connectivity index (χ4n) is 3.75. The van der Waals surface area contributed by atoms with Gasteiger partial charge in [0.05, 0.1) is 0 Å². The maximum atomic E-state index is 3.86. The Hall–Kier alpha value is -0.0800. The summed E-state index contributed by atoms with van der Waals surface area (Å²) in [7, 11) is 4.55. The fraction of sp³-hybridized carbons (Fsp3) is 1.00. The van der Waals surface area contributed by atoms with Crippen LogP contribution in [0, 0.1) is 5.41 Å². The summed E-state index contributed by atoms with van der Waals surface area (Å²) in [5, 5.41) is 3.86. The highest BCUT2D eigenvalue weighted by atomic mass is 15.2. The molecule has 0 radical (unpaired) electrons. The first kappa shape index (κ1) is 16.0. The van der Waals surface area contributed by atoms with Gasteiger partial charge in [-0.3, -0.25) is 0 Å². The van der Waals surface area contributed by atoms with Crippen molar-refractivity contribution >= 4 is 0 Å². The molecule has 0 saturated heterocycles. The van der Waals surface area contributed by atoms with E-state index in [0.717, 1.165) is 6.54 Å². The maximum Gasteiger partial charge on any atom is 0.0361 e. The topological polar surface area (TPSA) is 15.3 Å². The molecule has 1 aliphatic rings. The van der Waals surface area contributed by atoms with Crippen molar-refractivity contribution in [2.24, 2.45) is 5.41 Å². The van der Waals surface area contributed by atoms with Gasteiger partial charge in [-0.1, -0.05) is 47.0 Å². The molecule has 0 spiro atoms. The third-order valence-electron chi connectivity index (χ3n) is 4.61. The van der Waals surface area contributed by atoms with Crippen LogP contribution in [-0.2, 0) is 0 Å². The number of likely N-dealkylation sites (N-methyl/N-ethyl adjacent to an activating group) is 1. The van der Waals surface area contributed by atoms with Crippen LogP contribution in [0.25, 0.3) is 0 Å². The SMILES string of the molecule is CCCNC(C(C)(C)C)C1(N(C)C)CCCCC1. The number of nitrogens with one attached hydrogen (secondary N) is 1. The van der Waals surface area contributed by atoms with E-state index in [9.17, 15) is 0 Å². The minimum absolute atomic E-state index is 0.316. The number of hydrogen-bond donors (Lipinski definition) is 1. The van der Waals surface area contributed by atoms with Gasteiger partial charge in [0.2, 0.25) is 0 Å². The molecule has 0 bridgehead atoms. The van der Waals surface area contributed by atoms with Crippen LogP contribution in [0.2, 0.25) is 0 Å². The molecule has 2 nitrogen and oxygen atoms in total. The predicted molar refractivity (Wildman–Crippen MR) is 81.0 cm³/mol. The lowest BCUT2D eigenvalue weighted by atomic mass is 9.66. The normalized spacial score (nSPS) is 22.2. The average molecular weight is 254 g/mol. The van der Waals surface area contributed by atoms with E-state index < -0.39 is 0 Å². The highest BCUT2D eigenvalue weighted by Crippen LogP contribution is 2.41. The summed E-state index contributed by atoms with van der Waals surface area (Å²) in [6, 6.07) is 0.584. The highest BCUT2D eigenvalue weighted by Gasteiger charge is 2.46. The summed E-state index contributed by atoms with van der Waals surface area (Å²) >= 11 is 0. The summed E-state index contributed by atoms with van der Waals surface area (Å²) in [4.78, 5) is 2.50. The van der Waals surface area contributed by atoms with Gasteiger partial charge in [0.25, 0.3) is 0 Å². The van der Waals surface area contributed by atoms with Crippen molar-refractivity contribution in [2.45, 2.75) is 77.8 Å². The van der Waals surface area contributed by atoms with Gasteiger partial charge in [0, 0.05) is 11.6 Å². The molecule has 0 aliphatic heterocycles. The second-order valence-corrected chi connectivity index (χ2v) is 7.31. The van der Waals surface area contributed by atoms with E-state index in [0.29, 0.717) is 17.0 Å². The first-order chi connectivity index (χ1) is 8.34. The molecule has 2 heteroatoms. The molecule has 1 rings (SSSR count). The van der Waals surface area contributed by atoms with Crippen molar-refractivity contribution < 1.29 is 0 Å². The summed E-state index contributed by atoms with van der Waals surface area (Å²) in [6.07, 6.45) is 8.10. The Balaban J connectivity index is 2.96. The second-order valence-electron chi connectivity index (χ2n) is 7.31. The average Bonchev–Trinajstić information content (AvgIpc) is 2.28. The molecule has 1 aliphatic carbocycles. The van der Waals surface area contributed by atoms with E-state index in [1.165, 1.54) is 38.5 Å². The first-order valence-corrected chi connectivity index (χ1v) is 7.75. The van der Waals surface area contributed by atoms with Crippen molar-refractivity contribution in [1.82, 2.24) is 10.2 Å². The van der Waals surface area contributed by atoms with Gasteiger partial charge >= 0.3 is 0 Å². The van der Waals surface area contributed by atoms with E-state index in [1.807, 2.05) is 0 Å². The van der Waals surface area contributed by atoms with Crippen molar-refractivity contribution in [3.05, 3.63) is 0 Å². The molecule has 0 aromatic carbocycles. The van der Waals surface area contributed by atoms with Gasteiger partial charge in [0.15, 0.2) is 0 Å². The lowest BCUT2D eigenvalue weighted by Gasteiger charge is -2.53. The van der Waals surface area contributed by atoms with E-state index in [2.05, 4.69) is 52.0 Å². The molecule has 0 aromatic rings. The number of rotatable bonds is 5. The van der Waals surface area contributed by atoms with E-state index in [4.69, 9.17) is 0 Å². The van der Waals surface area contributed by atoms with Crippen molar-refractivity contribution in [3.8, 4) is 0 Å². The smallest absolute Gasteiger partial charge is 0.0361 e. The zero-order valence-electron chi connectivity index (χ0n) is 13.5. The molecule has 108 valence electrons. The van der Waals surface area contributed by atoms with Crippen LogP contribution >= 0.6 is 0 Å². The van der Waals surface area contributed by atoms with Gasteiger partial charge < -0.3 is 10.2 Å². The van der Waals surface area contributed by atoms with Crippen LogP contribution < -0.4 is 5.32 Å². The Bertz CT molecular complexity index is 234. The van der Waals surface area contributed by atoms with Crippen LogP contribution in [0.4, 0.5) is 0 Å². The van der Waals surface area contributed by atoms with E-state index in [-0.39, 0.29) is 0 Å². The fourth-order valence-corrected chi connectivity index (χ4v) is 3.75. The van der Waals surface area contributed by atoms with Crippen LogP contribution in [0.3, 0.4) is 0 Å². The van der Waals surface area contributed by atoms with Gasteiger partial charge in [-0.15, -0.1) is 0 Å².